The normalized spacial score (nSPS) is 15.1. The van der Waals surface area contributed by atoms with E-state index in [4.69, 9.17) is 4.74 Å². The van der Waals surface area contributed by atoms with E-state index in [1.54, 1.807) is 0 Å². The van der Waals surface area contributed by atoms with Crippen LogP contribution in [0.5, 0.6) is 5.75 Å². The maximum atomic E-state index is 5.83. The average molecular weight is 349 g/mol. The van der Waals surface area contributed by atoms with E-state index in [0.29, 0.717) is 4.58 Å². The predicted molar refractivity (Wildman–Crippen MR) is 101 cm³/mol. The Kier molecular flexibility index (Phi) is 6.04. The molecule has 116 valence electrons. The van der Waals surface area contributed by atoms with Crippen LogP contribution in [0.2, 0.25) is 0 Å². The predicted octanol–water partition coefficient (Wildman–Crippen LogP) is 5.64. The molecule has 1 saturated heterocycles. The van der Waals surface area contributed by atoms with E-state index in [0.717, 1.165) is 18.1 Å². The van der Waals surface area contributed by atoms with Crippen molar-refractivity contribution in [1.82, 2.24) is 0 Å². The Bertz CT molecular complexity index is 574. The van der Waals surface area contributed by atoms with Gasteiger partial charge in [0.15, 0.2) is 0 Å². The zero-order chi connectivity index (χ0) is 15.2. The van der Waals surface area contributed by atoms with Crippen molar-refractivity contribution in [1.29, 1.82) is 0 Å². The molecule has 0 atom stereocenters. The molecule has 1 aliphatic rings. The van der Waals surface area contributed by atoms with Crippen molar-refractivity contribution >= 4 is 35.3 Å². The Labute approximate surface area is 145 Å². The molecule has 0 amide bonds. The fraction of sp³-hybridized carbons (Fsp3) is 0.333. The van der Waals surface area contributed by atoms with Crippen LogP contribution in [0.25, 0.3) is 0 Å². The van der Waals surface area contributed by atoms with Crippen molar-refractivity contribution in [2.75, 3.05) is 23.9 Å². The quantitative estimate of drug-likeness (QED) is 0.493. The highest BCUT2D eigenvalue weighted by Gasteiger charge is 2.17. The highest BCUT2D eigenvalue weighted by atomic mass is 32.2. The molecule has 0 radical (unpaired) electrons. The van der Waals surface area contributed by atoms with E-state index >= 15 is 0 Å². The minimum atomic E-state index is 0.617. The van der Waals surface area contributed by atoms with Crippen molar-refractivity contribution < 1.29 is 4.74 Å². The molecule has 0 spiro atoms. The lowest BCUT2D eigenvalue weighted by molar-refractivity contribution is 0.344. The third kappa shape index (κ3) is 4.64. The largest absolute Gasteiger partial charge is 0.493 e. The molecule has 0 N–H and O–H groups in total. The molecule has 2 aromatic carbocycles. The van der Waals surface area contributed by atoms with Gasteiger partial charge in [0.1, 0.15) is 5.75 Å². The summed E-state index contributed by atoms with van der Waals surface area (Å²) < 4.78 is 6.45. The van der Waals surface area contributed by atoms with Crippen LogP contribution in [0.1, 0.15) is 15.7 Å². The maximum Gasteiger partial charge on any atom is 0.119 e. The molecular formula is C18H20OS3. The van der Waals surface area contributed by atoms with Crippen molar-refractivity contribution in [3.8, 4) is 5.75 Å². The number of aryl methyl sites for hydroxylation is 1. The number of benzene rings is 2. The van der Waals surface area contributed by atoms with E-state index in [2.05, 4.69) is 55.5 Å². The smallest absolute Gasteiger partial charge is 0.119 e. The van der Waals surface area contributed by atoms with Gasteiger partial charge in [0.25, 0.3) is 0 Å². The monoisotopic (exact) mass is 348 g/mol. The number of rotatable bonds is 6. The Hall–Kier alpha value is -0.710. The van der Waals surface area contributed by atoms with Gasteiger partial charge < -0.3 is 4.74 Å². The Balaban J connectivity index is 1.42. The second-order valence-electron chi connectivity index (χ2n) is 5.15. The van der Waals surface area contributed by atoms with Crippen LogP contribution >= 0.6 is 35.3 Å². The molecule has 1 nitrogen and oxygen atoms in total. The topological polar surface area (TPSA) is 9.23 Å². The molecule has 3 rings (SSSR count). The number of thioether (sulfide) groups is 3. The van der Waals surface area contributed by atoms with Crippen LogP contribution in [0, 0.1) is 6.92 Å². The number of hydrogen-bond donors (Lipinski definition) is 0. The molecular weight excluding hydrogens is 328 g/mol. The summed E-state index contributed by atoms with van der Waals surface area (Å²) in [6.07, 6.45) is 0. The summed E-state index contributed by atoms with van der Waals surface area (Å²) in [6.45, 7) is 2.86. The number of ether oxygens (including phenoxy) is 1. The lowest BCUT2D eigenvalue weighted by atomic mass is 10.2. The minimum absolute atomic E-state index is 0.617. The standard InChI is InChI=1S/C18H20OS3/c1-14-2-8-17(9-3-14)20-11-10-19-16-6-4-15(5-7-16)18-21-12-13-22-18/h2-9,18H,10-13H2,1H3. The van der Waals surface area contributed by atoms with Gasteiger partial charge in [0.05, 0.1) is 11.2 Å². The first-order valence-corrected chi connectivity index (χ1v) is 10.5. The molecule has 0 saturated carbocycles. The van der Waals surface area contributed by atoms with Gasteiger partial charge in [0, 0.05) is 22.2 Å². The van der Waals surface area contributed by atoms with E-state index in [-0.39, 0.29) is 0 Å². The van der Waals surface area contributed by atoms with Crippen molar-refractivity contribution in [2.24, 2.45) is 0 Å². The molecule has 0 aliphatic carbocycles. The summed E-state index contributed by atoms with van der Waals surface area (Å²) in [5, 5.41) is 0. The van der Waals surface area contributed by atoms with Gasteiger partial charge in [-0.15, -0.1) is 35.3 Å². The van der Waals surface area contributed by atoms with Crippen molar-refractivity contribution in [3.05, 3.63) is 59.7 Å². The summed E-state index contributed by atoms with van der Waals surface area (Å²) in [7, 11) is 0. The summed E-state index contributed by atoms with van der Waals surface area (Å²) in [5.41, 5.74) is 2.72. The first-order valence-electron chi connectivity index (χ1n) is 7.47. The fourth-order valence-corrected chi connectivity index (χ4v) is 5.82. The zero-order valence-electron chi connectivity index (χ0n) is 12.7. The third-order valence-corrected chi connectivity index (χ3v) is 7.50. The van der Waals surface area contributed by atoms with Crippen LogP contribution in [0.3, 0.4) is 0 Å². The molecule has 22 heavy (non-hydrogen) atoms. The van der Waals surface area contributed by atoms with Crippen molar-refractivity contribution in [3.63, 3.8) is 0 Å². The van der Waals surface area contributed by atoms with Gasteiger partial charge in [-0.25, -0.2) is 0 Å². The summed E-state index contributed by atoms with van der Waals surface area (Å²) in [6, 6.07) is 17.3. The molecule has 1 fully saturated rings. The maximum absolute atomic E-state index is 5.83. The first-order chi connectivity index (χ1) is 10.8. The second-order valence-corrected chi connectivity index (χ2v) is 9.05. The summed E-state index contributed by atoms with van der Waals surface area (Å²) in [4.78, 5) is 1.31. The Morgan fingerprint density at radius 3 is 2.36 bits per heavy atom. The lowest BCUT2D eigenvalue weighted by Gasteiger charge is -2.10. The van der Waals surface area contributed by atoms with Crippen LogP contribution < -0.4 is 4.74 Å². The molecule has 2 aromatic rings. The molecule has 1 heterocycles. The minimum Gasteiger partial charge on any atom is -0.493 e. The fourth-order valence-electron chi connectivity index (χ4n) is 2.23. The SMILES string of the molecule is Cc1ccc(SCCOc2ccc(C3SCCS3)cc2)cc1. The van der Waals surface area contributed by atoms with Crippen LogP contribution in [0.4, 0.5) is 0 Å². The van der Waals surface area contributed by atoms with E-state index < -0.39 is 0 Å². The number of hydrogen-bond acceptors (Lipinski definition) is 4. The van der Waals surface area contributed by atoms with Crippen LogP contribution in [0.15, 0.2) is 53.4 Å². The average Bonchev–Trinajstić information content (AvgIpc) is 3.08. The first kappa shape index (κ1) is 16.2. The second kappa shape index (κ2) is 8.23. The Morgan fingerprint density at radius 2 is 1.68 bits per heavy atom. The van der Waals surface area contributed by atoms with Gasteiger partial charge in [-0.1, -0.05) is 29.8 Å². The highest BCUT2D eigenvalue weighted by molar-refractivity contribution is 8.19. The van der Waals surface area contributed by atoms with E-state index in [9.17, 15) is 0 Å². The molecule has 0 bridgehead atoms. The summed E-state index contributed by atoms with van der Waals surface area (Å²) in [5.74, 6) is 4.48. The third-order valence-electron chi connectivity index (χ3n) is 3.42. The van der Waals surface area contributed by atoms with E-state index in [1.165, 1.54) is 27.5 Å². The molecule has 1 aliphatic heterocycles. The molecule has 0 aromatic heterocycles. The van der Waals surface area contributed by atoms with Gasteiger partial charge >= 0.3 is 0 Å². The highest BCUT2D eigenvalue weighted by Crippen LogP contribution is 2.45. The lowest BCUT2D eigenvalue weighted by Crippen LogP contribution is -2.00. The van der Waals surface area contributed by atoms with Gasteiger partial charge in [-0.2, -0.15) is 0 Å². The Morgan fingerprint density at radius 1 is 1.00 bits per heavy atom. The van der Waals surface area contributed by atoms with Gasteiger partial charge in [-0.05, 0) is 36.8 Å². The van der Waals surface area contributed by atoms with Crippen molar-refractivity contribution in [2.45, 2.75) is 16.4 Å². The van der Waals surface area contributed by atoms with Gasteiger partial charge in [-0.3, -0.25) is 0 Å². The molecule has 4 heteroatoms. The van der Waals surface area contributed by atoms with Crippen LogP contribution in [-0.2, 0) is 0 Å². The van der Waals surface area contributed by atoms with Gasteiger partial charge in [0.2, 0.25) is 0 Å². The van der Waals surface area contributed by atoms with Crippen LogP contribution in [-0.4, -0.2) is 23.9 Å². The molecule has 0 unspecified atom stereocenters. The zero-order valence-corrected chi connectivity index (χ0v) is 15.1. The van der Waals surface area contributed by atoms with E-state index in [1.807, 2.05) is 35.3 Å². The summed E-state index contributed by atoms with van der Waals surface area (Å²) >= 11 is 5.92.